The van der Waals surface area contributed by atoms with Crippen LogP contribution in [0.5, 0.6) is 0 Å². The van der Waals surface area contributed by atoms with Crippen LogP contribution in [-0.4, -0.2) is 17.6 Å². The zero-order chi connectivity index (χ0) is 13.0. The molecule has 3 heteroatoms. The Bertz CT molecular complexity index is 542. The number of aromatic nitrogens is 1. The lowest BCUT2D eigenvalue weighted by Gasteiger charge is -1.99. The van der Waals surface area contributed by atoms with Crippen molar-refractivity contribution in [3.63, 3.8) is 0 Å². The van der Waals surface area contributed by atoms with Crippen LogP contribution in [0.2, 0.25) is 0 Å². The standard InChI is InChI=1S/C15H19NO2/c1-3-5-6-11-7-8-13-12(9-11)10-14(16-13)15(17)18-4-2/h7-10,16H,3-6H2,1-2H3. The molecule has 2 aromatic rings. The molecule has 2 rings (SSSR count). The molecule has 0 aliphatic heterocycles. The maximum Gasteiger partial charge on any atom is 0.354 e. The number of aromatic amines is 1. The largest absolute Gasteiger partial charge is 0.461 e. The zero-order valence-corrected chi connectivity index (χ0v) is 11.0. The third kappa shape index (κ3) is 2.73. The Morgan fingerprint density at radius 3 is 2.83 bits per heavy atom. The molecular weight excluding hydrogens is 226 g/mol. The first kappa shape index (κ1) is 12.7. The second kappa shape index (κ2) is 5.71. The average Bonchev–Trinajstić information content (AvgIpc) is 2.79. The van der Waals surface area contributed by atoms with Gasteiger partial charge >= 0.3 is 5.97 Å². The van der Waals surface area contributed by atoms with E-state index in [4.69, 9.17) is 4.74 Å². The second-order valence-corrected chi connectivity index (χ2v) is 4.43. The van der Waals surface area contributed by atoms with Crippen molar-refractivity contribution in [2.75, 3.05) is 6.61 Å². The predicted octanol–water partition coefficient (Wildman–Crippen LogP) is 3.69. The minimum atomic E-state index is -0.288. The molecule has 0 atom stereocenters. The molecule has 96 valence electrons. The molecule has 0 saturated heterocycles. The van der Waals surface area contributed by atoms with Crippen LogP contribution in [0.15, 0.2) is 24.3 Å². The normalized spacial score (nSPS) is 10.8. The van der Waals surface area contributed by atoms with E-state index in [2.05, 4.69) is 24.0 Å². The summed E-state index contributed by atoms with van der Waals surface area (Å²) in [6.45, 7) is 4.40. The molecular formula is C15H19NO2. The van der Waals surface area contributed by atoms with Gasteiger partial charge in [-0.05, 0) is 43.5 Å². The Morgan fingerprint density at radius 1 is 1.28 bits per heavy atom. The molecule has 0 amide bonds. The third-order valence-electron chi connectivity index (χ3n) is 3.00. The SMILES string of the molecule is CCCCc1ccc2[nH]c(C(=O)OCC)cc2c1. The number of carbonyl (C=O) groups excluding carboxylic acids is 1. The van der Waals surface area contributed by atoms with Gasteiger partial charge in [-0.3, -0.25) is 0 Å². The van der Waals surface area contributed by atoms with E-state index < -0.39 is 0 Å². The highest BCUT2D eigenvalue weighted by Gasteiger charge is 2.10. The van der Waals surface area contributed by atoms with E-state index in [1.807, 2.05) is 19.1 Å². The summed E-state index contributed by atoms with van der Waals surface area (Å²) in [6.07, 6.45) is 3.48. The summed E-state index contributed by atoms with van der Waals surface area (Å²) < 4.78 is 4.98. The molecule has 1 aromatic heterocycles. The fraction of sp³-hybridized carbons (Fsp3) is 0.400. The van der Waals surface area contributed by atoms with Crippen molar-refractivity contribution in [3.8, 4) is 0 Å². The van der Waals surface area contributed by atoms with Crippen molar-refractivity contribution >= 4 is 16.9 Å². The summed E-state index contributed by atoms with van der Waals surface area (Å²) in [5.41, 5.74) is 2.83. The third-order valence-corrected chi connectivity index (χ3v) is 3.00. The van der Waals surface area contributed by atoms with Gasteiger partial charge in [0, 0.05) is 10.9 Å². The molecule has 1 aromatic carbocycles. The van der Waals surface area contributed by atoms with E-state index in [0.29, 0.717) is 12.3 Å². The monoisotopic (exact) mass is 245 g/mol. The molecule has 0 spiro atoms. The van der Waals surface area contributed by atoms with Gasteiger partial charge in [0.2, 0.25) is 0 Å². The van der Waals surface area contributed by atoms with Gasteiger partial charge in [-0.1, -0.05) is 19.4 Å². The number of nitrogens with one attached hydrogen (secondary N) is 1. The number of carbonyl (C=O) groups is 1. The van der Waals surface area contributed by atoms with Crippen LogP contribution in [0, 0.1) is 0 Å². The number of benzene rings is 1. The maximum atomic E-state index is 11.6. The van der Waals surface area contributed by atoms with Crippen molar-refractivity contribution in [1.29, 1.82) is 0 Å². The van der Waals surface area contributed by atoms with Gasteiger partial charge in [0.25, 0.3) is 0 Å². The Hall–Kier alpha value is -1.77. The van der Waals surface area contributed by atoms with Gasteiger partial charge < -0.3 is 9.72 Å². The number of aryl methyl sites for hydroxylation is 1. The van der Waals surface area contributed by atoms with E-state index in [-0.39, 0.29) is 5.97 Å². The number of H-pyrrole nitrogens is 1. The summed E-state index contributed by atoms with van der Waals surface area (Å²) in [7, 11) is 0. The van der Waals surface area contributed by atoms with Gasteiger partial charge in [0.05, 0.1) is 6.61 Å². The van der Waals surface area contributed by atoms with Crippen LogP contribution >= 0.6 is 0 Å². The highest BCUT2D eigenvalue weighted by Crippen LogP contribution is 2.19. The lowest BCUT2D eigenvalue weighted by atomic mass is 10.1. The highest BCUT2D eigenvalue weighted by atomic mass is 16.5. The fourth-order valence-corrected chi connectivity index (χ4v) is 2.04. The van der Waals surface area contributed by atoms with E-state index in [1.165, 1.54) is 18.4 Å². The van der Waals surface area contributed by atoms with Gasteiger partial charge in [-0.25, -0.2) is 4.79 Å². The number of unbranched alkanes of at least 4 members (excludes halogenated alkanes) is 1. The van der Waals surface area contributed by atoms with E-state index in [9.17, 15) is 4.79 Å². The van der Waals surface area contributed by atoms with Gasteiger partial charge in [-0.2, -0.15) is 0 Å². The lowest BCUT2D eigenvalue weighted by Crippen LogP contribution is -2.04. The van der Waals surface area contributed by atoms with Crippen molar-refractivity contribution in [1.82, 2.24) is 4.98 Å². The number of esters is 1. The molecule has 18 heavy (non-hydrogen) atoms. The van der Waals surface area contributed by atoms with Gasteiger partial charge in [-0.15, -0.1) is 0 Å². The second-order valence-electron chi connectivity index (χ2n) is 4.43. The van der Waals surface area contributed by atoms with Gasteiger partial charge in [0.15, 0.2) is 0 Å². The number of fused-ring (bicyclic) bond motifs is 1. The van der Waals surface area contributed by atoms with Gasteiger partial charge in [0.1, 0.15) is 5.69 Å². The topological polar surface area (TPSA) is 42.1 Å². The van der Waals surface area contributed by atoms with E-state index in [1.54, 1.807) is 0 Å². The summed E-state index contributed by atoms with van der Waals surface area (Å²) in [5, 5.41) is 1.08. The van der Waals surface area contributed by atoms with Crippen molar-refractivity contribution in [3.05, 3.63) is 35.5 Å². The zero-order valence-electron chi connectivity index (χ0n) is 11.0. The first-order valence-electron chi connectivity index (χ1n) is 6.53. The number of hydrogen-bond acceptors (Lipinski definition) is 2. The first-order chi connectivity index (χ1) is 8.74. The molecule has 0 aliphatic rings. The molecule has 0 bridgehead atoms. The van der Waals surface area contributed by atoms with Crippen molar-refractivity contribution in [2.45, 2.75) is 33.1 Å². The molecule has 1 heterocycles. The van der Waals surface area contributed by atoms with Crippen molar-refractivity contribution in [2.24, 2.45) is 0 Å². The van der Waals surface area contributed by atoms with Crippen LogP contribution in [0.3, 0.4) is 0 Å². The first-order valence-corrected chi connectivity index (χ1v) is 6.53. The molecule has 0 aliphatic carbocycles. The summed E-state index contributed by atoms with van der Waals surface area (Å²) in [6, 6.07) is 8.15. The molecule has 0 unspecified atom stereocenters. The van der Waals surface area contributed by atoms with Crippen LogP contribution in [-0.2, 0) is 11.2 Å². The highest BCUT2D eigenvalue weighted by molar-refractivity contribution is 5.94. The molecule has 3 nitrogen and oxygen atoms in total. The number of rotatable bonds is 5. The van der Waals surface area contributed by atoms with Crippen LogP contribution in [0.4, 0.5) is 0 Å². The maximum absolute atomic E-state index is 11.6. The average molecular weight is 245 g/mol. The number of hydrogen-bond donors (Lipinski definition) is 1. The molecule has 0 saturated carbocycles. The predicted molar refractivity (Wildman–Crippen MR) is 72.9 cm³/mol. The van der Waals surface area contributed by atoms with Crippen molar-refractivity contribution < 1.29 is 9.53 Å². The van der Waals surface area contributed by atoms with E-state index in [0.717, 1.165) is 17.3 Å². The number of ether oxygens (including phenoxy) is 1. The summed E-state index contributed by atoms with van der Waals surface area (Å²) >= 11 is 0. The van der Waals surface area contributed by atoms with Crippen LogP contribution < -0.4 is 0 Å². The fourth-order valence-electron chi connectivity index (χ4n) is 2.04. The van der Waals surface area contributed by atoms with Crippen LogP contribution in [0.1, 0.15) is 42.7 Å². The molecule has 1 N–H and O–H groups in total. The summed E-state index contributed by atoms with van der Waals surface area (Å²) in [4.78, 5) is 14.7. The lowest BCUT2D eigenvalue weighted by molar-refractivity contribution is 0.0520. The minimum Gasteiger partial charge on any atom is -0.461 e. The quantitative estimate of drug-likeness (QED) is 0.816. The van der Waals surface area contributed by atoms with Crippen LogP contribution in [0.25, 0.3) is 10.9 Å². The molecule has 0 radical (unpaired) electrons. The summed E-state index contributed by atoms with van der Waals surface area (Å²) in [5.74, 6) is -0.288. The smallest absolute Gasteiger partial charge is 0.354 e. The van der Waals surface area contributed by atoms with E-state index >= 15 is 0 Å². The Kier molecular flexibility index (Phi) is 4.03. The Morgan fingerprint density at radius 2 is 2.11 bits per heavy atom. The molecule has 0 fully saturated rings. The Labute approximate surface area is 107 Å². The Balaban J connectivity index is 2.25. The minimum absolute atomic E-state index is 0.288.